The molecule has 4 heteroatoms. The molecule has 0 aliphatic heterocycles. The predicted octanol–water partition coefficient (Wildman–Crippen LogP) is -1.65. The quantitative estimate of drug-likeness (QED) is 0.331. The molecule has 0 radical (unpaired) electrons. The van der Waals surface area contributed by atoms with E-state index in [2.05, 4.69) is 0 Å². The average molecular weight is 85.1 g/mol. The molecule has 0 amide bonds. The third kappa shape index (κ3) is 10.2. The Labute approximate surface area is 58.4 Å². The van der Waals surface area contributed by atoms with Crippen LogP contribution in [0.1, 0.15) is 0 Å². The molecule has 0 fully saturated rings. The van der Waals surface area contributed by atoms with Crippen molar-refractivity contribution < 1.29 is 11.0 Å². The minimum atomic E-state index is 0. The molecule has 0 saturated heterocycles. The first-order chi connectivity index (χ1) is 0. The zero-order chi connectivity index (χ0) is 0. The van der Waals surface area contributed by atoms with Gasteiger partial charge in [-0.25, -0.2) is 0 Å². The summed E-state index contributed by atoms with van der Waals surface area (Å²) in [6.07, 6.45) is 0. The molecule has 0 aromatic carbocycles. The van der Waals surface area contributed by atoms with Crippen LogP contribution in [0.4, 0.5) is 0 Å². The van der Waals surface area contributed by atoms with Crippen LogP contribution >= 0.6 is 0 Å². The first-order valence-electron chi connectivity index (χ1n) is 0. The molecule has 2 nitrogen and oxygen atoms in total. The van der Waals surface area contributed by atoms with Gasteiger partial charge in [-0.1, -0.05) is 0 Å². The van der Waals surface area contributed by atoms with Gasteiger partial charge in [0, 0.05) is 0 Å². The normalized spacial score (nSPS) is 0. The second-order valence-electron chi connectivity index (χ2n) is 0. The molecule has 0 saturated carbocycles. The van der Waals surface area contributed by atoms with Crippen LogP contribution in [0.2, 0.25) is 0 Å². The maximum atomic E-state index is 0. The minimum Gasteiger partial charge on any atom is -0.870 e. The molecule has 20 valence electrons. The number of hydrogen-bond acceptors (Lipinski definition) is 2. The summed E-state index contributed by atoms with van der Waals surface area (Å²) in [5.74, 6) is 0. The van der Waals surface area contributed by atoms with Gasteiger partial charge in [-0.3, -0.25) is 0 Å². The van der Waals surface area contributed by atoms with Crippen LogP contribution in [0, 0.1) is 0 Å². The molecule has 0 unspecified atom stereocenters. The van der Waals surface area contributed by atoms with Crippen molar-refractivity contribution in [3.05, 3.63) is 0 Å². The van der Waals surface area contributed by atoms with Crippen molar-refractivity contribution in [2.24, 2.45) is 0 Å². The molecular formula is H4BeCaO2. The zero-order valence-corrected chi connectivity index (χ0v) is 1.60. The monoisotopic (exact) mass is 85.0 g/mol. The molecule has 0 rings (SSSR count). The van der Waals surface area contributed by atoms with E-state index in [1.807, 2.05) is 0 Å². The fourth-order valence-corrected chi connectivity index (χ4v) is 0. The molecule has 0 aliphatic carbocycles. The van der Waals surface area contributed by atoms with E-state index in [4.69, 9.17) is 0 Å². The van der Waals surface area contributed by atoms with Gasteiger partial charge in [0.1, 0.15) is 0 Å². The van der Waals surface area contributed by atoms with Crippen molar-refractivity contribution in [3.63, 3.8) is 0 Å². The molecule has 0 aromatic heterocycles. The van der Waals surface area contributed by atoms with E-state index in [-0.39, 0.29) is 58.8 Å². The molecule has 0 aliphatic rings. The summed E-state index contributed by atoms with van der Waals surface area (Å²) in [6, 6.07) is 0. The van der Waals surface area contributed by atoms with Crippen molar-refractivity contribution in [3.8, 4) is 0 Å². The maximum absolute atomic E-state index is 0. The van der Waals surface area contributed by atoms with Gasteiger partial charge in [0.05, 0.1) is 0 Å². The van der Waals surface area contributed by atoms with Crippen LogP contribution in [-0.4, -0.2) is 58.8 Å². The van der Waals surface area contributed by atoms with E-state index in [0.717, 1.165) is 0 Å². The second-order valence-corrected chi connectivity index (χ2v) is 0. The molecular weight excluding hydrogens is 81.1 g/mol. The standard InChI is InChI=1S/Be.Ca.2H2O.2H/h;;2*1H2;;/q+2;;;;;/p-2. The van der Waals surface area contributed by atoms with Gasteiger partial charge in [-0.2, -0.15) is 0 Å². The van der Waals surface area contributed by atoms with E-state index in [1.54, 1.807) is 0 Å². The van der Waals surface area contributed by atoms with E-state index >= 15 is 0 Å². The Balaban J connectivity index is 0. The smallest absolute Gasteiger partial charge is 0.870 e. The topological polar surface area (TPSA) is 60.0 Å². The average Bonchev–Trinajstić information content (AvgIpc) is 0. The minimum absolute atomic E-state index is 0. The van der Waals surface area contributed by atoms with E-state index in [0.29, 0.717) is 0 Å². The van der Waals surface area contributed by atoms with Crippen LogP contribution in [0.25, 0.3) is 0 Å². The molecule has 0 bridgehead atoms. The number of hydrogen-bond donors (Lipinski definition) is 0. The van der Waals surface area contributed by atoms with E-state index < -0.39 is 0 Å². The Kier molecular flexibility index (Phi) is 373. The Morgan fingerprint density at radius 2 is 0.750 bits per heavy atom. The molecule has 0 heterocycles. The Morgan fingerprint density at radius 1 is 0.750 bits per heavy atom. The predicted molar refractivity (Wildman–Crippen MR) is 18.2 cm³/mol. The van der Waals surface area contributed by atoms with Crippen molar-refractivity contribution in [1.82, 2.24) is 0 Å². The molecule has 0 atom stereocenters. The SMILES string of the molecule is [Be+2].[CaH2].[OH-].[OH-]. The fraction of sp³-hybridized carbons (Fsp3) is 0. The van der Waals surface area contributed by atoms with Crippen LogP contribution in [0.3, 0.4) is 0 Å². The fourth-order valence-electron chi connectivity index (χ4n) is 0. The van der Waals surface area contributed by atoms with Gasteiger partial charge < -0.3 is 11.0 Å². The van der Waals surface area contributed by atoms with Crippen molar-refractivity contribution >= 4 is 47.9 Å². The van der Waals surface area contributed by atoms with Crippen LogP contribution < -0.4 is 0 Å². The Hall–Kier alpha value is 1.35. The van der Waals surface area contributed by atoms with Gasteiger partial charge in [-0.05, 0) is 0 Å². The van der Waals surface area contributed by atoms with Crippen LogP contribution in [-0.2, 0) is 0 Å². The summed E-state index contributed by atoms with van der Waals surface area (Å²) in [7, 11) is 0. The molecule has 0 aromatic rings. The van der Waals surface area contributed by atoms with Gasteiger partial charge in [0.25, 0.3) is 0 Å². The summed E-state index contributed by atoms with van der Waals surface area (Å²) >= 11 is 0. The summed E-state index contributed by atoms with van der Waals surface area (Å²) in [5.41, 5.74) is 0. The van der Waals surface area contributed by atoms with Gasteiger partial charge in [-0.15, -0.1) is 0 Å². The summed E-state index contributed by atoms with van der Waals surface area (Å²) < 4.78 is 0. The Bertz CT molecular complexity index is 6.00. The summed E-state index contributed by atoms with van der Waals surface area (Å²) in [4.78, 5) is 0. The third-order valence-electron chi connectivity index (χ3n) is 0. The zero-order valence-electron chi connectivity index (χ0n) is 1.60. The third-order valence-corrected chi connectivity index (χ3v) is 0. The van der Waals surface area contributed by atoms with Crippen LogP contribution in [0.5, 0.6) is 0 Å². The van der Waals surface area contributed by atoms with Gasteiger partial charge in [0.15, 0.2) is 0 Å². The second kappa shape index (κ2) is 26.8. The first kappa shape index (κ1) is 55.6. The maximum Gasteiger partial charge on any atom is -0.870 e. The van der Waals surface area contributed by atoms with E-state index in [9.17, 15) is 0 Å². The van der Waals surface area contributed by atoms with Crippen LogP contribution in [0.15, 0.2) is 0 Å². The van der Waals surface area contributed by atoms with Crippen molar-refractivity contribution in [2.75, 3.05) is 0 Å². The van der Waals surface area contributed by atoms with Gasteiger partial charge >= 0.3 is 47.9 Å². The molecule has 0 spiro atoms. The Morgan fingerprint density at radius 3 is 0.750 bits per heavy atom. The van der Waals surface area contributed by atoms with Gasteiger partial charge in [0.2, 0.25) is 0 Å². The first-order valence-corrected chi connectivity index (χ1v) is 0. The largest absolute Gasteiger partial charge is 0.870 e. The summed E-state index contributed by atoms with van der Waals surface area (Å²) in [6.45, 7) is 0. The number of rotatable bonds is 0. The van der Waals surface area contributed by atoms with Crippen molar-refractivity contribution in [2.45, 2.75) is 0 Å². The molecule has 4 heavy (non-hydrogen) atoms. The van der Waals surface area contributed by atoms with E-state index in [1.165, 1.54) is 0 Å². The summed E-state index contributed by atoms with van der Waals surface area (Å²) in [5, 5.41) is 0. The van der Waals surface area contributed by atoms with Crippen molar-refractivity contribution in [1.29, 1.82) is 0 Å². The molecule has 2 N–H and O–H groups in total.